The third-order valence-electron chi connectivity index (χ3n) is 10.2. The number of nitrogens with one attached hydrogen (secondary N) is 2. The molecule has 0 aromatic carbocycles. The highest BCUT2D eigenvalue weighted by Crippen LogP contribution is 2.72. The summed E-state index contributed by atoms with van der Waals surface area (Å²) >= 11 is 0. The van der Waals surface area contributed by atoms with Crippen molar-refractivity contribution >= 4 is 17.9 Å². The molecule has 4 unspecified atom stereocenters. The van der Waals surface area contributed by atoms with E-state index in [0.717, 1.165) is 38.5 Å². The molecule has 2 bridgehead atoms. The maximum absolute atomic E-state index is 13.0. The Hall–Kier alpha value is -1.85. The van der Waals surface area contributed by atoms with Gasteiger partial charge in [0, 0.05) is 5.41 Å². The van der Waals surface area contributed by atoms with E-state index in [1.165, 1.54) is 12.7 Å². The number of rotatable bonds is 2. The van der Waals surface area contributed by atoms with Crippen molar-refractivity contribution in [2.24, 2.45) is 45.8 Å². The van der Waals surface area contributed by atoms with Crippen LogP contribution < -0.4 is 10.6 Å². The van der Waals surface area contributed by atoms with Crippen LogP contribution in [-0.4, -0.2) is 31.1 Å². The topological polar surface area (TPSA) is 84.5 Å². The second-order valence-electron chi connectivity index (χ2n) is 11.6. The zero-order chi connectivity index (χ0) is 22.3. The fraction of sp³-hybridized carbons (Fsp3) is 0.800. The zero-order valence-corrected chi connectivity index (χ0v) is 19.4. The second-order valence-corrected chi connectivity index (χ2v) is 11.6. The van der Waals surface area contributed by atoms with Gasteiger partial charge in [0.15, 0.2) is 0 Å². The van der Waals surface area contributed by atoms with Gasteiger partial charge in [-0.05, 0) is 68.1 Å². The summed E-state index contributed by atoms with van der Waals surface area (Å²) in [4.78, 5) is 38.3. The highest BCUT2D eigenvalue weighted by atomic mass is 16.5. The predicted octanol–water partition coefficient (Wildman–Crippen LogP) is 3.81. The van der Waals surface area contributed by atoms with Crippen LogP contribution in [0.4, 0.5) is 4.79 Å². The minimum atomic E-state index is -0.461. The molecule has 8 atom stereocenters. The van der Waals surface area contributed by atoms with E-state index in [0.29, 0.717) is 11.8 Å². The van der Waals surface area contributed by atoms with Gasteiger partial charge in [-0.25, -0.2) is 4.79 Å². The summed E-state index contributed by atoms with van der Waals surface area (Å²) < 4.78 is 5.28. The third kappa shape index (κ3) is 2.53. The number of amides is 3. The van der Waals surface area contributed by atoms with Gasteiger partial charge in [0.1, 0.15) is 0 Å². The Kier molecular flexibility index (Phi) is 4.46. The van der Waals surface area contributed by atoms with E-state index in [4.69, 9.17) is 4.74 Å². The molecule has 6 nitrogen and oxygen atoms in total. The number of esters is 1. The molecule has 170 valence electrons. The van der Waals surface area contributed by atoms with Gasteiger partial charge in [-0.2, -0.15) is 0 Å². The molecule has 6 heteroatoms. The van der Waals surface area contributed by atoms with Crippen LogP contribution >= 0.6 is 0 Å². The fourth-order valence-electron chi connectivity index (χ4n) is 9.02. The lowest BCUT2D eigenvalue weighted by molar-refractivity contribution is -0.193. The highest BCUT2D eigenvalue weighted by molar-refractivity contribution is 5.99. The molecule has 1 heterocycles. The SMILES string of the molecule is COC(=O)[C@]1(C)CCC[C@]2(C)C3CC4C(C(C)C)=CC3(CCC21)[C@@H]1NC(=O)NC(=O)[C@H]41. The molecule has 3 amide bonds. The van der Waals surface area contributed by atoms with Crippen molar-refractivity contribution in [2.45, 2.75) is 72.3 Å². The Labute approximate surface area is 184 Å². The summed E-state index contributed by atoms with van der Waals surface area (Å²) in [7, 11) is 1.50. The van der Waals surface area contributed by atoms with Crippen LogP contribution in [0.1, 0.15) is 66.2 Å². The summed E-state index contributed by atoms with van der Waals surface area (Å²) in [6.45, 7) is 8.92. The van der Waals surface area contributed by atoms with E-state index in [2.05, 4.69) is 44.4 Å². The summed E-state index contributed by atoms with van der Waals surface area (Å²) in [5.74, 6) is 0.764. The van der Waals surface area contributed by atoms with Crippen molar-refractivity contribution in [3.8, 4) is 0 Å². The van der Waals surface area contributed by atoms with E-state index >= 15 is 0 Å². The average Bonchev–Trinajstić information content (AvgIpc) is 2.72. The van der Waals surface area contributed by atoms with Crippen LogP contribution in [-0.2, 0) is 14.3 Å². The highest BCUT2D eigenvalue weighted by Gasteiger charge is 2.70. The van der Waals surface area contributed by atoms with Crippen LogP contribution in [0.3, 0.4) is 0 Å². The maximum atomic E-state index is 13.0. The van der Waals surface area contributed by atoms with Gasteiger partial charge in [0.05, 0.1) is 24.5 Å². The minimum absolute atomic E-state index is 0.0136. The third-order valence-corrected chi connectivity index (χ3v) is 10.2. The van der Waals surface area contributed by atoms with E-state index in [1.807, 2.05) is 0 Å². The Morgan fingerprint density at radius 2 is 1.90 bits per heavy atom. The molecule has 6 rings (SSSR count). The van der Waals surface area contributed by atoms with E-state index in [-0.39, 0.29) is 52.5 Å². The zero-order valence-electron chi connectivity index (χ0n) is 19.4. The Balaban J connectivity index is 1.63. The van der Waals surface area contributed by atoms with Crippen LogP contribution in [0.5, 0.6) is 0 Å². The molecule has 0 aromatic rings. The monoisotopic (exact) mass is 428 g/mol. The summed E-state index contributed by atoms with van der Waals surface area (Å²) in [5, 5.41) is 5.73. The number of methoxy groups -OCH3 is 1. The molecular weight excluding hydrogens is 392 g/mol. The van der Waals surface area contributed by atoms with Crippen LogP contribution in [0.2, 0.25) is 0 Å². The Morgan fingerprint density at radius 1 is 1.16 bits per heavy atom. The van der Waals surface area contributed by atoms with Crippen molar-refractivity contribution in [2.75, 3.05) is 7.11 Å². The molecule has 3 saturated carbocycles. The van der Waals surface area contributed by atoms with Gasteiger partial charge < -0.3 is 10.1 Å². The standard InChI is InChI=1S/C25H36N2O4/c1-13(2)15-12-25-10-7-16-23(3,8-6-9-24(16,4)21(29)31-5)17(25)11-14(15)18-19(25)26-22(30)27-20(18)28/h12-14,16-19H,6-11H2,1-5H3,(H2,26,27,28,30)/t14?,16?,17?,18-,19-,23+,24-,25?/m1/s1. The number of ether oxygens (including phenoxy) is 1. The first-order chi connectivity index (χ1) is 14.6. The number of allylic oxidation sites excluding steroid dienone is 1. The lowest BCUT2D eigenvalue weighted by atomic mass is 9.35. The number of imide groups is 1. The van der Waals surface area contributed by atoms with Crippen LogP contribution in [0.25, 0.3) is 0 Å². The maximum Gasteiger partial charge on any atom is 0.321 e. The molecule has 0 radical (unpaired) electrons. The first-order valence-electron chi connectivity index (χ1n) is 12.0. The molecule has 5 aliphatic carbocycles. The molecule has 1 aliphatic heterocycles. The van der Waals surface area contributed by atoms with E-state index < -0.39 is 5.41 Å². The van der Waals surface area contributed by atoms with Gasteiger partial charge in [-0.15, -0.1) is 0 Å². The Bertz CT molecular complexity index is 881. The molecule has 31 heavy (non-hydrogen) atoms. The molecule has 6 aliphatic rings. The van der Waals surface area contributed by atoms with Crippen molar-refractivity contribution in [3.63, 3.8) is 0 Å². The Morgan fingerprint density at radius 3 is 2.58 bits per heavy atom. The van der Waals surface area contributed by atoms with Crippen molar-refractivity contribution in [1.29, 1.82) is 0 Å². The summed E-state index contributed by atoms with van der Waals surface area (Å²) in [6.07, 6.45) is 8.25. The molecular formula is C25H36N2O4. The van der Waals surface area contributed by atoms with Gasteiger partial charge in [0.25, 0.3) is 0 Å². The van der Waals surface area contributed by atoms with E-state index in [1.54, 1.807) is 0 Å². The molecule has 1 saturated heterocycles. The minimum Gasteiger partial charge on any atom is -0.469 e. The van der Waals surface area contributed by atoms with Crippen molar-refractivity contribution < 1.29 is 19.1 Å². The first kappa shape index (κ1) is 21.0. The van der Waals surface area contributed by atoms with Crippen molar-refractivity contribution in [3.05, 3.63) is 11.6 Å². The first-order valence-corrected chi connectivity index (χ1v) is 12.0. The lowest BCUT2D eigenvalue weighted by Crippen LogP contribution is -2.74. The number of fused-ring (bicyclic) bond motifs is 1. The normalized spacial score (nSPS) is 48.1. The number of hydrogen-bond acceptors (Lipinski definition) is 4. The number of hydrogen-bond donors (Lipinski definition) is 2. The average molecular weight is 429 g/mol. The smallest absolute Gasteiger partial charge is 0.321 e. The molecule has 1 spiro atoms. The van der Waals surface area contributed by atoms with Gasteiger partial charge in [0.2, 0.25) is 5.91 Å². The summed E-state index contributed by atoms with van der Waals surface area (Å²) in [6, 6.07) is -0.508. The number of urea groups is 1. The van der Waals surface area contributed by atoms with Gasteiger partial charge in [-0.1, -0.05) is 38.8 Å². The van der Waals surface area contributed by atoms with Crippen LogP contribution in [0, 0.1) is 45.8 Å². The van der Waals surface area contributed by atoms with E-state index in [9.17, 15) is 14.4 Å². The summed E-state index contributed by atoms with van der Waals surface area (Å²) in [5.41, 5.74) is 0.696. The predicted molar refractivity (Wildman–Crippen MR) is 116 cm³/mol. The fourth-order valence-corrected chi connectivity index (χ4v) is 9.02. The van der Waals surface area contributed by atoms with Crippen LogP contribution in [0.15, 0.2) is 11.6 Å². The molecule has 0 aromatic heterocycles. The number of carbonyl (C=O) groups is 3. The number of carbonyl (C=O) groups excluding carboxylic acids is 3. The molecule has 4 fully saturated rings. The quantitative estimate of drug-likeness (QED) is 0.517. The second kappa shape index (κ2) is 6.58. The lowest BCUT2D eigenvalue weighted by Gasteiger charge is -2.70. The largest absolute Gasteiger partial charge is 0.469 e. The molecule has 2 N–H and O–H groups in total. The van der Waals surface area contributed by atoms with Gasteiger partial charge in [-0.3, -0.25) is 14.9 Å². The van der Waals surface area contributed by atoms with Gasteiger partial charge >= 0.3 is 12.0 Å². The van der Waals surface area contributed by atoms with Crippen molar-refractivity contribution in [1.82, 2.24) is 10.6 Å².